The summed E-state index contributed by atoms with van der Waals surface area (Å²) in [5.74, 6) is 0. The zero-order valence-corrected chi connectivity index (χ0v) is 7.81. The summed E-state index contributed by atoms with van der Waals surface area (Å²) in [6, 6.07) is 5.81. The van der Waals surface area contributed by atoms with Gasteiger partial charge in [-0.3, -0.25) is 0 Å². The topological polar surface area (TPSA) is 64.7 Å². The van der Waals surface area contributed by atoms with Crippen molar-refractivity contribution in [3.8, 4) is 11.3 Å². The lowest BCUT2D eigenvalue weighted by Crippen LogP contribution is -1.96. The van der Waals surface area contributed by atoms with Crippen LogP contribution in [0.15, 0.2) is 30.7 Å². The van der Waals surface area contributed by atoms with Crippen molar-refractivity contribution < 1.29 is 0 Å². The van der Waals surface area contributed by atoms with E-state index >= 15 is 0 Å². The molecule has 2 N–H and O–H groups in total. The predicted molar refractivity (Wildman–Crippen MR) is 54.4 cm³/mol. The molecule has 14 heavy (non-hydrogen) atoms. The molecule has 1 heterocycles. The third kappa shape index (κ3) is 1.42. The number of para-hydroxylation sites is 1. The number of nitrogen functional groups attached to an aromatic ring is 1. The molecule has 4 nitrogen and oxygen atoms in total. The molecule has 0 radical (unpaired) electrons. The predicted octanol–water partition coefficient (Wildman–Crippen LogP) is 1.43. The van der Waals surface area contributed by atoms with Crippen molar-refractivity contribution in [1.82, 2.24) is 15.2 Å². The first kappa shape index (κ1) is 8.62. The van der Waals surface area contributed by atoms with Crippen molar-refractivity contribution in [1.29, 1.82) is 0 Å². The fourth-order valence-corrected chi connectivity index (χ4v) is 1.28. The van der Waals surface area contributed by atoms with Crippen LogP contribution in [0.5, 0.6) is 0 Å². The summed E-state index contributed by atoms with van der Waals surface area (Å²) in [5.41, 5.74) is 9.27. The number of anilines is 1. The maximum Gasteiger partial charge on any atom is 0.138 e. The summed E-state index contributed by atoms with van der Waals surface area (Å²) >= 11 is 0. The van der Waals surface area contributed by atoms with E-state index in [2.05, 4.69) is 15.2 Å². The first-order chi connectivity index (χ1) is 6.79. The highest BCUT2D eigenvalue weighted by Gasteiger charge is 2.05. The molecule has 70 valence electrons. The number of hydrogen-bond donors (Lipinski definition) is 1. The molecule has 0 saturated heterocycles. The maximum absolute atomic E-state index is 5.92. The van der Waals surface area contributed by atoms with Gasteiger partial charge >= 0.3 is 0 Å². The van der Waals surface area contributed by atoms with E-state index in [0.29, 0.717) is 5.69 Å². The molecule has 0 aliphatic carbocycles. The van der Waals surface area contributed by atoms with Crippen LogP contribution in [-0.2, 0) is 0 Å². The second-order valence-corrected chi connectivity index (χ2v) is 3.03. The second kappa shape index (κ2) is 3.41. The van der Waals surface area contributed by atoms with Gasteiger partial charge in [-0.2, -0.15) is 0 Å². The maximum atomic E-state index is 5.92. The molecule has 2 aromatic rings. The minimum absolute atomic E-state index is 0.703. The number of nitrogens with two attached hydrogens (primary N) is 1. The van der Waals surface area contributed by atoms with Gasteiger partial charge in [0.05, 0.1) is 6.20 Å². The minimum Gasteiger partial charge on any atom is -0.398 e. The van der Waals surface area contributed by atoms with Gasteiger partial charge in [0.25, 0.3) is 0 Å². The molecule has 0 aliphatic heterocycles. The van der Waals surface area contributed by atoms with Crippen LogP contribution in [0.25, 0.3) is 11.3 Å². The zero-order chi connectivity index (χ0) is 9.97. The average molecular weight is 186 g/mol. The molecular weight excluding hydrogens is 176 g/mol. The van der Waals surface area contributed by atoms with Crippen molar-refractivity contribution in [3.63, 3.8) is 0 Å². The van der Waals surface area contributed by atoms with Gasteiger partial charge in [0.15, 0.2) is 0 Å². The van der Waals surface area contributed by atoms with E-state index in [9.17, 15) is 0 Å². The summed E-state index contributed by atoms with van der Waals surface area (Å²) in [6.07, 6.45) is 3.05. The Hall–Kier alpha value is -1.97. The van der Waals surface area contributed by atoms with Crippen molar-refractivity contribution in [2.75, 3.05) is 5.73 Å². The van der Waals surface area contributed by atoms with E-state index in [0.717, 1.165) is 16.8 Å². The molecule has 0 aliphatic rings. The highest BCUT2D eigenvalue weighted by atomic mass is 15.1. The molecule has 0 unspecified atom stereocenters. The van der Waals surface area contributed by atoms with Crippen LogP contribution in [-0.4, -0.2) is 15.2 Å². The molecule has 0 bridgehead atoms. The highest BCUT2D eigenvalue weighted by molar-refractivity contribution is 5.75. The summed E-state index contributed by atoms with van der Waals surface area (Å²) < 4.78 is 0. The molecule has 2 rings (SSSR count). The lowest BCUT2D eigenvalue weighted by Gasteiger charge is -2.05. The van der Waals surface area contributed by atoms with E-state index in [-0.39, 0.29) is 0 Å². The third-order valence-corrected chi connectivity index (χ3v) is 2.08. The fourth-order valence-electron chi connectivity index (χ4n) is 1.28. The van der Waals surface area contributed by atoms with E-state index < -0.39 is 0 Å². The monoisotopic (exact) mass is 186 g/mol. The Bertz CT molecular complexity index is 439. The molecule has 0 amide bonds. The van der Waals surface area contributed by atoms with Crippen molar-refractivity contribution >= 4 is 5.69 Å². The first-order valence-corrected chi connectivity index (χ1v) is 4.27. The summed E-state index contributed by atoms with van der Waals surface area (Å²) in [5, 5.41) is 7.67. The standard InChI is InChI=1S/C10H10N4/c1-7-3-2-4-8(10(7)11)9-5-12-6-13-14-9/h2-6H,11H2,1H3. The molecule has 0 fully saturated rings. The second-order valence-electron chi connectivity index (χ2n) is 3.03. The molecule has 4 heteroatoms. The third-order valence-electron chi connectivity index (χ3n) is 2.08. The Morgan fingerprint density at radius 1 is 1.29 bits per heavy atom. The van der Waals surface area contributed by atoms with Crippen LogP contribution in [0.4, 0.5) is 5.69 Å². The highest BCUT2D eigenvalue weighted by Crippen LogP contribution is 2.25. The minimum atomic E-state index is 0.703. The van der Waals surface area contributed by atoms with E-state index in [1.165, 1.54) is 6.33 Å². The van der Waals surface area contributed by atoms with E-state index in [1.807, 2.05) is 25.1 Å². The van der Waals surface area contributed by atoms with Gasteiger partial charge in [0.1, 0.15) is 12.0 Å². The molecule has 0 saturated carbocycles. The van der Waals surface area contributed by atoms with Crippen molar-refractivity contribution in [3.05, 3.63) is 36.3 Å². The van der Waals surface area contributed by atoms with Gasteiger partial charge in [-0.25, -0.2) is 4.98 Å². The van der Waals surface area contributed by atoms with Crippen LogP contribution in [0.3, 0.4) is 0 Å². The number of aryl methyl sites for hydroxylation is 1. The van der Waals surface area contributed by atoms with Crippen LogP contribution >= 0.6 is 0 Å². The number of aromatic nitrogens is 3. The summed E-state index contributed by atoms with van der Waals surface area (Å²) in [7, 11) is 0. The van der Waals surface area contributed by atoms with Gasteiger partial charge in [-0.1, -0.05) is 18.2 Å². The molecule has 1 aromatic carbocycles. The first-order valence-electron chi connectivity index (χ1n) is 4.27. The molecular formula is C10H10N4. The van der Waals surface area contributed by atoms with Crippen LogP contribution in [0.2, 0.25) is 0 Å². The Morgan fingerprint density at radius 2 is 2.14 bits per heavy atom. The van der Waals surface area contributed by atoms with Crippen molar-refractivity contribution in [2.45, 2.75) is 6.92 Å². The van der Waals surface area contributed by atoms with Gasteiger partial charge < -0.3 is 5.73 Å². The lowest BCUT2D eigenvalue weighted by atomic mass is 10.1. The Morgan fingerprint density at radius 3 is 2.86 bits per heavy atom. The SMILES string of the molecule is Cc1cccc(-c2cncnn2)c1N. The van der Waals surface area contributed by atoms with Crippen LogP contribution in [0.1, 0.15) is 5.56 Å². The Balaban J connectivity index is 2.58. The number of nitrogens with zero attached hydrogens (tertiary/aromatic N) is 3. The Labute approximate surface area is 81.8 Å². The van der Waals surface area contributed by atoms with Crippen molar-refractivity contribution in [2.24, 2.45) is 0 Å². The summed E-state index contributed by atoms with van der Waals surface area (Å²) in [6.45, 7) is 1.96. The van der Waals surface area contributed by atoms with Gasteiger partial charge in [0.2, 0.25) is 0 Å². The summed E-state index contributed by atoms with van der Waals surface area (Å²) in [4.78, 5) is 3.90. The molecule has 1 aromatic heterocycles. The fraction of sp³-hybridized carbons (Fsp3) is 0.100. The van der Waals surface area contributed by atoms with Gasteiger partial charge in [-0.05, 0) is 12.5 Å². The molecule has 0 spiro atoms. The average Bonchev–Trinajstić information content (AvgIpc) is 2.23. The normalized spacial score (nSPS) is 10.1. The smallest absolute Gasteiger partial charge is 0.138 e. The van der Waals surface area contributed by atoms with E-state index in [4.69, 9.17) is 5.73 Å². The number of hydrogen-bond acceptors (Lipinski definition) is 4. The van der Waals surface area contributed by atoms with Crippen LogP contribution < -0.4 is 5.73 Å². The Kier molecular flexibility index (Phi) is 2.10. The van der Waals surface area contributed by atoms with Gasteiger partial charge in [-0.15, -0.1) is 10.2 Å². The quantitative estimate of drug-likeness (QED) is 0.684. The largest absolute Gasteiger partial charge is 0.398 e. The lowest BCUT2D eigenvalue weighted by molar-refractivity contribution is 0.976. The zero-order valence-electron chi connectivity index (χ0n) is 7.81. The number of benzene rings is 1. The number of rotatable bonds is 1. The van der Waals surface area contributed by atoms with Crippen LogP contribution in [0, 0.1) is 6.92 Å². The molecule has 0 atom stereocenters. The van der Waals surface area contributed by atoms with E-state index in [1.54, 1.807) is 6.20 Å². The van der Waals surface area contributed by atoms with Gasteiger partial charge in [0, 0.05) is 11.3 Å².